The van der Waals surface area contributed by atoms with E-state index in [0.717, 1.165) is 27.5 Å². The van der Waals surface area contributed by atoms with Crippen LogP contribution in [0.4, 0.5) is 0 Å². The van der Waals surface area contributed by atoms with Gasteiger partial charge in [0.2, 0.25) is 0 Å². The molecule has 0 bridgehead atoms. The lowest BCUT2D eigenvalue weighted by molar-refractivity contribution is 0.673. The fourth-order valence-electron chi connectivity index (χ4n) is 9.38. The van der Waals surface area contributed by atoms with Gasteiger partial charge in [-0.15, -0.1) is 0 Å². The first kappa shape index (κ1) is 28.7. The molecule has 53 heavy (non-hydrogen) atoms. The van der Waals surface area contributed by atoms with Crippen molar-refractivity contribution in [2.45, 2.75) is 0 Å². The summed E-state index contributed by atoms with van der Waals surface area (Å²) in [5.41, 5.74) is 6.77. The summed E-state index contributed by atoms with van der Waals surface area (Å²) in [6, 6.07) is 66.7. The van der Waals surface area contributed by atoms with Gasteiger partial charge in [0.25, 0.3) is 0 Å². The first-order valence-corrected chi connectivity index (χ1v) is 18.3. The normalized spacial score (nSPS) is 12.2. The van der Waals surface area contributed by atoms with E-state index in [1.807, 2.05) is 0 Å². The molecule has 0 atom stereocenters. The Morgan fingerprint density at radius 1 is 0.283 bits per heavy atom. The Kier molecular flexibility index (Phi) is 5.84. The van der Waals surface area contributed by atoms with Gasteiger partial charge in [-0.1, -0.05) is 164 Å². The third kappa shape index (κ3) is 3.97. The Hall–Kier alpha value is -6.96. The molecule has 0 N–H and O–H groups in total. The maximum atomic E-state index is 6.87. The summed E-state index contributed by atoms with van der Waals surface area (Å²) < 4.78 is 6.87. The van der Waals surface area contributed by atoms with Crippen LogP contribution in [0.2, 0.25) is 0 Å². The molecule has 1 heteroatoms. The van der Waals surface area contributed by atoms with Crippen LogP contribution in [-0.2, 0) is 0 Å². The summed E-state index contributed by atoms with van der Waals surface area (Å²) >= 11 is 0. The van der Waals surface area contributed by atoms with E-state index >= 15 is 0 Å². The lowest BCUT2D eigenvalue weighted by Gasteiger charge is -2.20. The average Bonchev–Trinajstić information content (AvgIpc) is 3.62. The Labute approximate surface area is 304 Å². The highest BCUT2D eigenvalue weighted by Gasteiger charge is 2.21. The molecule has 0 fully saturated rings. The van der Waals surface area contributed by atoms with Crippen molar-refractivity contribution in [2.75, 3.05) is 0 Å². The summed E-state index contributed by atoms with van der Waals surface area (Å²) in [4.78, 5) is 0. The van der Waals surface area contributed by atoms with Gasteiger partial charge >= 0.3 is 0 Å². The number of furan rings is 1. The van der Waals surface area contributed by atoms with Gasteiger partial charge in [-0.05, 0) is 110 Å². The number of benzene rings is 11. The first-order valence-electron chi connectivity index (χ1n) is 18.3. The van der Waals surface area contributed by atoms with Crippen molar-refractivity contribution < 1.29 is 4.42 Å². The zero-order valence-corrected chi connectivity index (χ0v) is 28.7. The van der Waals surface area contributed by atoms with E-state index in [4.69, 9.17) is 4.42 Å². The molecule has 12 rings (SSSR count). The third-order valence-corrected chi connectivity index (χ3v) is 11.6. The van der Waals surface area contributed by atoms with Crippen molar-refractivity contribution in [3.05, 3.63) is 182 Å². The van der Waals surface area contributed by atoms with E-state index in [9.17, 15) is 0 Å². The van der Waals surface area contributed by atoms with Crippen LogP contribution in [0.3, 0.4) is 0 Å². The van der Waals surface area contributed by atoms with Crippen LogP contribution in [0.5, 0.6) is 0 Å². The van der Waals surface area contributed by atoms with Gasteiger partial charge in [-0.3, -0.25) is 0 Å². The Balaban J connectivity index is 1.17. The second-order valence-corrected chi connectivity index (χ2v) is 14.3. The largest absolute Gasteiger partial charge is 0.455 e. The molecule has 0 aliphatic carbocycles. The number of rotatable bonds is 2. The van der Waals surface area contributed by atoms with Gasteiger partial charge in [0, 0.05) is 16.2 Å². The standard InChI is InChI=1S/C52H30O/c1-2-14-34-31(13-1)25-26-32-29-46(37-17-4-6-18-38(37)48(32)34)50-42-22-10-8-20-40(42)49(41-21-9-11-23-43(41)50)33-27-28-45-47(30-33)53-52-44-24-12-5-16-36(44)35-15-3-7-19-39(35)51(45)52/h1-30H. The van der Waals surface area contributed by atoms with Gasteiger partial charge in [0.15, 0.2) is 0 Å². The van der Waals surface area contributed by atoms with Crippen molar-refractivity contribution in [1.29, 1.82) is 0 Å². The molecule has 11 aromatic carbocycles. The van der Waals surface area contributed by atoms with Crippen LogP contribution >= 0.6 is 0 Å². The fourth-order valence-corrected chi connectivity index (χ4v) is 9.38. The lowest BCUT2D eigenvalue weighted by Crippen LogP contribution is -1.92. The van der Waals surface area contributed by atoms with Crippen LogP contribution in [0.15, 0.2) is 186 Å². The molecule has 0 aliphatic heterocycles. The van der Waals surface area contributed by atoms with Crippen molar-refractivity contribution in [3.8, 4) is 22.3 Å². The monoisotopic (exact) mass is 670 g/mol. The Morgan fingerprint density at radius 3 is 1.45 bits per heavy atom. The number of hydrogen-bond acceptors (Lipinski definition) is 1. The summed E-state index contributed by atoms with van der Waals surface area (Å²) in [5, 5.41) is 19.8. The number of hydrogen-bond donors (Lipinski definition) is 0. The molecule has 0 saturated carbocycles. The van der Waals surface area contributed by atoms with E-state index in [0.29, 0.717) is 0 Å². The van der Waals surface area contributed by atoms with Crippen LogP contribution in [-0.4, -0.2) is 0 Å². The van der Waals surface area contributed by atoms with Gasteiger partial charge in [0.1, 0.15) is 11.2 Å². The van der Waals surface area contributed by atoms with Gasteiger partial charge < -0.3 is 4.42 Å². The zero-order chi connectivity index (χ0) is 34.6. The van der Waals surface area contributed by atoms with Crippen LogP contribution in [0.1, 0.15) is 0 Å². The average molecular weight is 671 g/mol. The second kappa shape index (κ2) is 10.8. The zero-order valence-electron chi connectivity index (χ0n) is 28.7. The summed E-state index contributed by atoms with van der Waals surface area (Å²) in [6.07, 6.45) is 0. The van der Waals surface area contributed by atoms with E-state index in [-0.39, 0.29) is 0 Å². The highest BCUT2D eigenvalue weighted by atomic mass is 16.3. The molecule has 1 aromatic heterocycles. The highest BCUT2D eigenvalue weighted by molar-refractivity contribution is 6.31. The topological polar surface area (TPSA) is 13.1 Å². The molecule has 0 aliphatic rings. The molecule has 244 valence electrons. The number of fused-ring (bicyclic) bond motifs is 15. The molecule has 1 heterocycles. The molecule has 0 radical (unpaired) electrons. The molecule has 12 aromatic rings. The highest BCUT2D eigenvalue weighted by Crippen LogP contribution is 2.48. The van der Waals surface area contributed by atoms with Crippen molar-refractivity contribution in [1.82, 2.24) is 0 Å². The third-order valence-electron chi connectivity index (χ3n) is 11.6. The summed E-state index contributed by atoms with van der Waals surface area (Å²) in [5.74, 6) is 0. The van der Waals surface area contributed by atoms with E-state index < -0.39 is 0 Å². The van der Waals surface area contributed by atoms with Gasteiger partial charge in [-0.2, -0.15) is 0 Å². The Morgan fingerprint density at radius 2 is 0.774 bits per heavy atom. The minimum atomic E-state index is 0.906. The maximum absolute atomic E-state index is 6.87. The first-order chi connectivity index (χ1) is 26.3. The lowest BCUT2D eigenvalue weighted by atomic mass is 9.83. The molecular formula is C52H30O. The molecule has 0 saturated heterocycles. The van der Waals surface area contributed by atoms with E-state index in [1.54, 1.807) is 0 Å². The van der Waals surface area contributed by atoms with Crippen LogP contribution in [0.25, 0.3) is 120 Å². The SMILES string of the molecule is c1ccc2c(c1)ccc1cc(-c3c4ccccc4c(-c4ccc5c(c4)oc4c6ccccc6c6ccccc6c54)c4ccccc34)c3ccccc3c12. The molecule has 0 spiro atoms. The summed E-state index contributed by atoms with van der Waals surface area (Å²) in [6.45, 7) is 0. The summed E-state index contributed by atoms with van der Waals surface area (Å²) in [7, 11) is 0. The van der Waals surface area contributed by atoms with E-state index in [1.165, 1.54) is 92.1 Å². The second-order valence-electron chi connectivity index (χ2n) is 14.3. The smallest absolute Gasteiger partial charge is 0.143 e. The quantitative estimate of drug-likeness (QED) is 0.132. The van der Waals surface area contributed by atoms with Crippen molar-refractivity contribution in [2.24, 2.45) is 0 Å². The minimum Gasteiger partial charge on any atom is -0.455 e. The van der Waals surface area contributed by atoms with Crippen LogP contribution in [0, 0.1) is 0 Å². The maximum Gasteiger partial charge on any atom is 0.143 e. The van der Waals surface area contributed by atoms with Crippen LogP contribution < -0.4 is 0 Å². The van der Waals surface area contributed by atoms with E-state index in [2.05, 4.69) is 182 Å². The molecule has 1 nitrogen and oxygen atoms in total. The predicted molar refractivity (Wildman–Crippen MR) is 227 cm³/mol. The predicted octanol–water partition coefficient (Wildman–Crippen LogP) is 15.0. The minimum absolute atomic E-state index is 0.906. The molecule has 0 amide bonds. The van der Waals surface area contributed by atoms with Gasteiger partial charge in [-0.25, -0.2) is 0 Å². The molecule has 0 unspecified atom stereocenters. The Bertz CT molecular complexity index is 3450. The van der Waals surface area contributed by atoms with Gasteiger partial charge in [0.05, 0.1) is 0 Å². The molecular weight excluding hydrogens is 641 g/mol. The fraction of sp³-hybridized carbons (Fsp3) is 0. The van der Waals surface area contributed by atoms with Crippen molar-refractivity contribution >= 4 is 97.3 Å². The van der Waals surface area contributed by atoms with Crippen molar-refractivity contribution in [3.63, 3.8) is 0 Å².